The lowest BCUT2D eigenvalue weighted by molar-refractivity contribution is -0.385. The summed E-state index contributed by atoms with van der Waals surface area (Å²) in [5.41, 5.74) is -0.630. The number of phenols is 1. The molecular formula is C10H8N4O4S. The van der Waals surface area contributed by atoms with Gasteiger partial charge in [0, 0.05) is 6.07 Å². The maximum atomic E-state index is 11.9. The maximum Gasteiger partial charge on any atom is 0.282 e. The van der Waals surface area contributed by atoms with Crippen LogP contribution in [0.1, 0.15) is 15.4 Å². The molecular weight excluding hydrogens is 272 g/mol. The van der Waals surface area contributed by atoms with Crippen LogP contribution in [0.4, 0.5) is 10.8 Å². The van der Waals surface area contributed by atoms with Crippen LogP contribution in [-0.4, -0.2) is 26.1 Å². The molecule has 2 rings (SSSR count). The van der Waals surface area contributed by atoms with Crippen LogP contribution in [0.15, 0.2) is 18.2 Å². The fraction of sp³-hybridized carbons (Fsp3) is 0.100. The summed E-state index contributed by atoms with van der Waals surface area (Å²) in [4.78, 5) is 22.0. The summed E-state index contributed by atoms with van der Waals surface area (Å²) < 4.78 is 0. The van der Waals surface area contributed by atoms with Crippen LogP contribution in [0, 0.1) is 17.0 Å². The monoisotopic (exact) mass is 280 g/mol. The quantitative estimate of drug-likeness (QED) is 0.652. The first-order valence-corrected chi connectivity index (χ1v) is 5.88. The van der Waals surface area contributed by atoms with E-state index in [4.69, 9.17) is 0 Å². The highest BCUT2D eigenvalue weighted by molar-refractivity contribution is 7.15. The van der Waals surface area contributed by atoms with E-state index < -0.39 is 16.5 Å². The topological polar surface area (TPSA) is 118 Å². The van der Waals surface area contributed by atoms with Gasteiger partial charge in [-0.15, -0.1) is 10.2 Å². The molecule has 0 saturated heterocycles. The lowest BCUT2D eigenvalue weighted by Gasteiger charge is -2.03. The van der Waals surface area contributed by atoms with Gasteiger partial charge < -0.3 is 5.11 Å². The molecule has 8 nitrogen and oxygen atoms in total. The predicted molar refractivity (Wildman–Crippen MR) is 67.4 cm³/mol. The van der Waals surface area contributed by atoms with Gasteiger partial charge in [0.1, 0.15) is 16.3 Å². The van der Waals surface area contributed by atoms with E-state index in [0.29, 0.717) is 5.01 Å². The zero-order valence-electron chi connectivity index (χ0n) is 9.65. The molecule has 1 amide bonds. The van der Waals surface area contributed by atoms with Crippen molar-refractivity contribution in [2.45, 2.75) is 6.92 Å². The lowest BCUT2D eigenvalue weighted by Crippen LogP contribution is -2.13. The number of phenolic OH excluding ortho intramolecular Hbond substituents is 1. The number of nitrogens with one attached hydrogen (secondary N) is 1. The predicted octanol–water partition coefficient (Wildman–Crippen LogP) is 1.71. The Balaban J connectivity index is 2.32. The van der Waals surface area contributed by atoms with E-state index in [1.54, 1.807) is 6.92 Å². The van der Waals surface area contributed by atoms with Crippen molar-refractivity contribution in [1.29, 1.82) is 0 Å². The molecule has 0 radical (unpaired) electrons. The first-order valence-electron chi connectivity index (χ1n) is 5.06. The standard InChI is InChI=1S/C10H8N4O4S/c1-5-12-13-10(19-5)11-9(16)7-4-6(15)2-3-8(7)14(17)18/h2-4,15H,1H3,(H,11,13,16). The Morgan fingerprint density at radius 3 is 2.79 bits per heavy atom. The van der Waals surface area contributed by atoms with E-state index >= 15 is 0 Å². The summed E-state index contributed by atoms with van der Waals surface area (Å²) in [6, 6.07) is 3.24. The number of hydrogen-bond donors (Lipinski definition) is 2. The van der Waals surface area contributed by atoms with E-state index in [0.717, 1.165) is 29.5 Å². The summed E-state index contributed by atoms with van der Waals surface area (Å²) >= 11 is 1.14. The lowest BCUT2D eigenvalue weighted by atomic mass is 10.1. The fourth-order valence-corrected chi connectivity index (χ4v) is 1.96. The van der Waals surface area contributed by atoms with Crippen molar-refractivity contribution in [2.24, 2.45) is 0 Å². The van der Waals surface area contributed by atoms with Crippen molar-refractivity contribution in [2.75, 3.05) is 5.32 Å². The number of benzene rings is 1. The van der Waals surface area contributed by atoms with Crippen LogP contribution in [0.5, 0.6) is 5.75 Å². The number of aromatic hydroxyl groups is 1. The second-order valence-corrected chi connectivity index (χ2v) is 4.72. The number of rotatable bonds is 3. The number of hydrogen-bond acceptors (Lipinski definition) is 7. The molecule has 0 aliphatic carbocycles. The number of nitro benzene ring substituents is 1. The second kappa shape index (κ2) is 4.98. The Kier molecular flexibility index (Phi) is 3.38. The number of carbonyl (C=O) groups excluding carboxylic acids is 1. The molecule has 98 valence electrons. The van der Waals surface area contributed by atoms with Gasteiger partial charge in [-0.2, -0.15) is 0 Å². The first-order chi connectivity index (χ1) is 8.97. The van der Waals surface area contributed by atoms with E-state index in [2.05, 4.69) is 15.5 Å². The van der Waals surface area contributed by atoms with E-state index in [1.165, 1.54) is 0 Å². The van der Waals surface area contributed by atoms with Gasteiger partial charge in [-0.1, -0.05) is 11.3 Å². The minimum atomic E-state index is -0.723. The van der Waals surface area contributed by atoms with Crippen molar-refractivity contribution in [3.63, 3.8) is 0 Å². The van der Waals surface area contributed by atoms with Gasteiger partial charge in [0.25, 0.3) is 11.6 Å². The molecule has 0 unspecified atom stereocenters. The Labute approximate surface area is 110 Å². The molecule has 9 heteroatoms. The third kappa shape index (κ3) is 2.83. The Morgan fingerprint density at radius 1 is 1.47 bits per heavy atom. The summed E-state index contributed by atoms with van der Waals surface area (Å²) in [5, 5.41) is 30.8. The van der Waals surface area contributed by atoms with Gasteiger partial charge in [0.15, 0.2) is 0 Å². The third-order valence-corrected chi connectivity index (χ3v) is 2.92. The van der Waals surface area contributed by atoms with Crippen LogP contribution < -0.4 is 5.32 Å². The second-order valence-electron chi connectivity index (χ2n) is 3.54. The number of carbonyl (C=O) groups is 1. The summed E-state index contributed by atoms with van der Waals surface area (Å²) in [6.07, 6.45) is 0. The highest BCUT2D eigenvalue weighted by atomic mass is 32.1. The van der Waals surface area contributed by atoms with Crippen LogP contribution in [0.3, 0.4) is 0 Å². The summed E-state index contributed by atoms with van der Waals surface area (Å²) in [6.45, 7) is 1.71. The van der Waals surface area contributed by atoms with Crippen molar-refractivity contribution in [3.05, 3.63) is 38.9 Å². The average molecular weight is 280 g/mol. The minimum Gasteiger partial charge on any atom is -0.508 e. The SMILES string of the molecule is Cc1nnc(NC(=O)c2cc(O)ccc2[N+](=O)[O-])s1. The Morgan fingerprint density at radius 2 is 2.21 bits per heavy atom. The smallest absolute Gasteiger partial charge is 0.282 e. The van der Waals surface area contributed by atoms with Gasteiger partial charge in [-0.3, -0.25) is 20.2 Å². The zero-order chi connectivity index (χ0) is 14.0. The average Bonchev–Trinajstić information content (AvgIpc) is 2.74. The van der Waals surface area contributed by atoms with Gasteiger partial charge >= 0.3 is 0 Å². The minimum absolute atomic E-state index is 0.232. The highest BCUT2D eigenvalue weighted by Crippen LogP contribution is 2.24. The molecule has 1 aromatic carbocycles. The molecule has 0 saturated carbocycles. The first kappa shape index (κ1) is 12.9. The summed E-state index contributed by atoms with van der Waals surface area (Å²) in [7, 11) is 0. The van der Waals surface area contributed by atoms with Gasteiger partial charge in [-0.25, -0.2) is 0 Å². The van der Waals surface area contributed by atoms with E-state index in [9.17, 15) is 20.0 Å². The molecule has 2 N–H and O–H groups in total. The number of aryl methyl sites for hydroxylation is 1. The van der Waals surface area contributed by atoms with Crippen LogP contribution in [-0.2, 0) is 0 Å². The van der Waals surface area contributed by atoms with Crippen LogP contribution >= 0.6 is 11.3 Å². The largest absolute Gasteiger partial charge is 0.508 e. The van der Waals surface area contributed by atoms with Gasteiger partial charge in [0.05, 0.1) is 4.92 Å². The molecule has 0 aliphatic heterocycles. The van der Waals surface area contributed by atoms with Crippen LogP contribution in [0.2, 0.25) is 0 Å². The molecule has 0 bridgehead atoms. The molecule has 0 atom stereocenters. The van der Waals surface area contributed by atoms with Crippen molar-refractivity contribution in [3.8, 4) is 5.75 Å². The fourth-order valence-electron chi connectivity index (χ4n) is 1.38. The third-order valence-electron chi connectivity index (χ3n) is 2.17. The normalized spacial score (nSPS) is 10.2. The molecule has 1 heterocycles. The van der Waals surface area contributed by atoms with Crippen molar-refractivity contribution < 1.29 is 14.8 Å². The molecule has 2 aromatic rings. The van der Waals surface area contributed by atoms with E-state index in [1.807, 2.05) is 0 Å². The summed E-state index contributed by atoms with van der Waals surface area (Å²) in [5.74, 6) is -0.956. The molecule has 0 fully saturated rings. The van der Waals surface area contributed by atoms with E-state index in [-0.39, 0.29) is 16.4 Å². The Hall–Kier alpha value is -2.55. The van der Waals surface area contributed by atoms with Gasteiger partial charge in [0.2, 0.25) is 5.13 Å². The van der Waals surface area contributed by atoms with Crippen molar-refractivity contribution in [1.82, 2.24) is 10.2 Å². The number of anilines is 1. The molecule has 1 aromatic heterocycles. The number of nitro groups is 1. The number of aromatic nitrogens is 2. The maximum absolute atomic E-state index is 11.9. The zero-order valence-corrected chi connectivity index (χ0v) is 10.5. The van der Waals surface area contributed by atoms with Crippen LogP contribution in [0.25, 0.3) is 0 Å². The highest BCUT2D eigenvalue weighted by Gasteiger charge is 2.21. The molecule has 19 heavy (non-hydrogen) atoms. The Bertz CT molecular complexity index is 655. The molecule has 0 spiro atoms. The van der Waals surface area contributed by atoms with Crippen molar-refractivity contribution >= 4 is 28.1 Å². The number of nitrogens with zero attached hydrogens (tertiary/aromatic N) is 3. The molecule has 0 aliphatic rings. The van der Waals surface area contributed by atoms with Gasteiger partial charge in [-0.05, 0) is 19.1 Å². The number of amides is 1.